The summed E-state index contributed by atoms with van der Waals surface area (Å²) in [5.74, 6) is 0.369. The van der Waals surface area contributed by atoms with E-state index in [0.717, 1.165) is 24.8 Å². The van der Waals surface area contributed by atoms with Crippen LogP contribution in [-0.2, 0) is 0 Å². The smallest absolute Gasteiger partial charge is 0.251 e. The summed E-state index contributed by atoms with van der Waals surface area (Å²) in [5.41, 5.74) is 7.21. The minimum Gasteiger partial charge on any atom is -0.349 e. The van der Waals surface area contributed by atoms with Crippen LogP contribution in [0.5, 0.6) is 0 Å². The van der Waals surface area contributed by atoms with Crippen LogP contribution in [0, 0.1) is 12.8 Å². The van der Waals surface area contributed by atoms with Crippen LogP contribution in [0.3, 0.4) is 0 Å². The number of carbonyl (C=O) groups is 1. The van der Waals surface area contributed by atoms with Gasteiger partial charge >= 0.3 is 0 Å². The van der Waals surface area contributed by atoms with Crippen LogP contribution >= 0.6 is 11.6 Å². The Morgan fingerprint density at radius 3 is 3.00 bits per heavy atom. The third-order valence-corrected chi connectivity index (χ3v) is 4.20. The molecular formula is C14H19ClN2O. The molecule has 98 valence electrons. The van der Waals surface area contributed by atoms with Gasteiger partial charge in [0.1, 0.15) is 0 Å². The van der Waals surface area contributed by atoms with Gasteiger partial charge in [0, 0.05) is 16.6 Å². The van der Waals surface area contributed by atoms with Gasteiger partial charge in [-0.25, -0.2) is 0 Å². The lowest BCUT2D eigenvalue weighted by Gasteiger charge is -2.20. The lowest BCUT2D eigenvalue weighted by molar-refractivity contribution is 0.0928. The number of carbonyl (C=O) groups excluding carboxylic acids is 1. The molecule has 18 heavy (non-hydrogen) atoms. The molecule has 2 unspecified atom stereocenters. The number of rotatable bonds is 3. The normalized spacial score (nSPS) is 23.1. The molecule has 1 aliphatic carbocycles. The van der Waals surface area contributed by atoms with Gasteiger partial charge in [0.15, 0.2) is 0 Å². The highest BCUT2D eigenvalue weighted by molar-refractivity contribution is 6.31. The first-order chi connectivity index (χ1) is 8.63. The SMILES string of the molecule is Cc1c(Cl)cccc1C(=O)NC1CCCC1CN. The number of hydrogen-bond acceptors (Lipinski definition) is 2. The van der Waals surface area contributed by atoms with Crippen molar-refractivity contribution in [1.29, 1.82) is 0 Å². The predicted octanol–water partition coefficient (Wildman–Crippen LogP) is 2.51. The first kappa shape index (κ1) is 13.4. The van der Waals surface area contributed by atoms with Crippen molar-refractivity contribution in [3.63, 3.8) is 0 Å². The van der Waals surface area contributed by atoms with E-state index in [1.54, 1.807) is 12.1 Å². The van der Waals surface area contributed by atoms with Crippen molar-refractivity contribution >= 4 is 17.5 Å². The summed E-state index contributed by atoms with van der Waals surface area (Å²) >= 11 is 6.03. The summed E-state index contributed by atoms with van der Waals surface area (Å²) in [6.07, 6.45) is 3.27. The molecule has 2 atom stereocenters. The van der Waals surface area contributed by atoms with E-state index in [-0.39, 0.29) is 11.9 Å². The molecule has 3 N–H and O–H groups in total. The minimum atomic E-state index is -0.0413. The standard InChI is InChI=1S/C14H19ClN2O/c1-9-11(5-3-6-12(9)15)14(18)17-13-7-2-4-10(13)8-16/h3,5-6,10,13H,2,4,7-8,16H2,1H3,(H,17,18). The average Bonchev–Trinajstić information content (AvgIpc) is 2.79. The molecule has 0 aromatic heterocycles. The van der Waals surface area contributed by atoms with Crippen LogP contribution in [0.1, 0.15) is 35.2 Å². The topological polar surface area (TPSA) is 55.1 Å². The summed E-state index contributed by atoms with van der Waals surface area (Å²) in [4.78, 5) is 12.2. The summed E-state index contributed by atoms with van der Waals surface area (Å²) in [6.45, 7) is 2.51. The molecule has 1 amide bonds. The highest BCUT2D eigenvalue weighted by Crippen LogP contribution is 2.25. The fourth-order valence-electron chi connectivity index (χ4n) is 2.61. The molecule has 0 saturated heterocycles. The molecule has 1 fully saturated rings. The summed E-state index contributed by atoms with van der Waals surface area (Å²) < 4.78 is 0. The summed E-state index contributed by atoms with van der Waals surface area (Å²) in [5, 5.41) is 3.72. The number of nitrogens with one attached hydrogen (secondary N) is 1. The molecule has 3 nitrogen and oxygen atoms in total. The van der Waals surface area contributed by atoms with Crippen molar-refractivity contribution in [2.24, 2.45) is 11.7 Å². The largest absolute Gasteiger partial charge is 0.349 e. The Labute approximate surface area is 113 Å². The number of hydrogen-bond donors (Lipinski definition) is 2. The van der Waals surface area contributed by atoms with Gasteiger partial charge in [-0.2, -0.15) is 0 Å². The highest BCUT2D eigenvalue weighted by Gasteiger charge is 2.27. The zero-order chi connectivity index (χ0) is 13.1. The molecule has 4 heteroatoms. The zero-order valence-corrected chi connectivity index (χ0v) is 11.3. The first-order valence-electron chi connectivity index (χ1n) is 6.39. The van der Waals surface area contributed by atoms with Gasteiger partial charge in [-0.1, -0.05) is 24.1 Å². The summed E-state index contributed by atoms with van der Waals surface area (Å²) in [7, 11) is 0. The van der Waals surface area contributed by atoms with Crippen LogP contribution in [0.4, 0.5) is 0 Å². The molecule has 0 heterocycles. The maximum Gasteiger partial charge on any atom is 0.251 e. The average molecular weight is 267 g/mol. The second kappa shape index (κ2) is 5.72. The van der Waals surface area contributed by atoms with Gasteiger partial charge < -0.3 is 11.1 Å². The second-order valence-electron chi connectivity index (χ2n) is 4.92. The Morgan fingerprint density at radius 2 is 2.28 bits per heavy atom. The molecule has 1 aliphatic rings. The van der Waals surface area contributed by atoms with E-state index in [4.69, 9.17) is 17.3 Å². The molecule has 0 bridgehead atoms. The number of amides is 1. The molecule has 1 aromatic carbocycles. The van der Waals surface area contributed by atoms with Gasteiger partial charge in [0.2, 0.25) is 0 Å². The van der Waals surface area contributed by atoms with E-state index in [2.05, 4.69) is 5.32 Å². The number of nitrogens with two attached hydrogens (primary N) is 1. The second-order valence-corrected chi connectivity index (χ2v) is 5.33. The molecular weight excluding hydrogens is 248 g/mol. The van der Waals surface area contributed by atoms with E-state index in [1.165, 1.54) is 0 Å². The van der Waals surface area contributed by atoms with Crippen molar-refractivity contribution in [2.45, 2.75) is 32.2 Å². The maximum absolute atomic E-state index is 12.2. The lowest BCUT2D eigenvalue weighted by atomic mass is 10.0. The van der Waals surface area contributed by atoms with Crippen LogP contribution in [0.15, 0.2) is 18.2 Å². The molecule has 0 spiro atoms. The van der Waals surface area contributed by atoms with Crippen molar-refractivity contribution < 1.29 is 4.79 Å². The third-order valence-electron chi connectivity index (χ3n) is 3.79. The van der Waals surface area contributed by atoms with Gasteiger partial charge in [0.05, 0.1) is 0 Å². The molecule has 1 aromatic rings. The highest BCUT2D eigenvalue weighted by atomic mass is 35.5. The fourth-order valence-corrected chi connectivity index (χ4v) is 2.78. The number of halogens is 1. The van der Waals surface area contributed by atoms with Crippen LogP contribution in [-0.4, -0.2) is 18.5 Å². The Morgan fingerprint density at radius 1 is 1.50 bits per heavy atom. The Balaban J connectivity index is 2.10. The van der Waals surface area contributed by atoms with Crippen molar-refractivity contribution in [3.05, 3.63) is 34.3 Å². The Bertz CT molecular complexity index is 447. The van der Waals surface area contributed by atoms with E-state index >= 15 is 0 Å². The minimum absolute atomic E-state index is 0.0413. The van der Waals surface area contributed by atoms with E-state index < -0.39 is 0 Å². The van der Waals surface area contributed by atoms with E-state index in [0.29, 0.717) is 23.0 Å². The van der Waals surface area contributed by atoms with Crippen LogP contribution < -0.4 is 11.1 Å². The zero-order valence-electron chi connectivity index (χ0n) is 10.6. The van der Waals surface area contributed by atoms with Crippen molar-refractivity contribution in [1.82, 2.24) is 5.32 Å². The van der Waals surface area contributed by atoms with Crippen LogP contribution in [0.25, 0.3) is 0 Å². The first-order valence-corrected chi connectivity index (χ1v) is 6.77. The maximum atomic E-state index is 12.2. The lowest BCUT2D eigenvalue weighted by Crippen LogP contribution is -2.40. The van der Waals surface area contributed by atoms with Gasteiger partial charge in [-0.3, -0.25) is 4.79 Å². The fraction of sp³-hybridized carbons (Fsp3) is 0.500. The number of benzene rings is 1. The van der Waals surface area contributed by atoms with Gasteiger partial charge in [0.25, 0.3) is 5.91 Å². The molecule has 2 rings (SSSR count). The molecule has 0 aliphatic heterocycles. The molecule has 0 radical (unpaired) electrons. The monoisotopic (exact) mass is 266 g/mol. The van der Waals surface area contributed by atoms with Crippen LogP contribution in [0.2, 0.25) is 5.02 Å². The molecule has 1 saturated carbocycles. The summed E-state index contributed by atoms with van der Waals surface area (Å²) in [6, 6.07) is 5.62. The quantitative estimate of drug-likeness (QED) is 0.883. The van der Waals surface area contributed by atoms with Gasteiger partial charge in [-0.15, -0.1) is 0 Å². The van der Waals surface area contributed by atoms with Gasteiger partial charge in [-0.05, 0) is 49.9 Å². The van der Waals surface area contributed by atoms with E-state index in [9.17, 15) is 4.79 Å². The Hall–Kier alpha value is -1.06. The van der Waals surface area contributed by atoms with Crippen molar-refractivity contribution in [2.75, 3.05) is 6.54 Å². The van der Waals surface area contributed by atoms with E-state index in [1.807, 2.05) is 13.0 Å². The third kappa shape index (κ3) is 2.68. The predicted molar refractivity (Wildman–Crippen MR) is 73.8 cm³/mol. The Kier molecular flexibility index (Phi) is 4.25. The van der Waals surface area contributed by atoms with Crippen molar-refractivity contribution in [3.8, 4) is 0 Å².